The van der Waals surface area contributed by atoms with Gasteiger partial charge in [0.25, 0.3) is 5.91 Å². The highest BCUT2D eigenvalue weighted by atomic mass is 32.2. The van der Waals surface area contributed by atoms with Crippen molar-refractivity contribution in [3.8, 4) is 5.75 Å². The monoisotopic (exact) mass is 402 g/mol. The number of piperidine rings is 1. The van der Waals surface area contributed by atoms with E-state index in [9.17, 15) is 13.2 Å². The highest BCUT2D eigenvalue weighted by Crippen LogP contribution is 2.22. The summed E-state index contributed by atoms with van der Waals surface area (Å²) in [5, 5.41) is 0. The van der Waals surface area contributed by atoms with Crippen LogP contribution in [0, 0.1) is 0 Å². The first-order chi connectivity index (χ1) is 13.5. The number of carbonyl (C=O) groups excluding carboxylic acids is 1. The molecule has 0 aliphatic carbocycles. The third kappa shape index (κ3) is 5.11. The quantitative estimate of drug-likeness (QED) is 0.714. The maximum Gasteiger partial charge on any atom is 0.260 e. The van der Waals surface area contributed by atoms with E-state index in [0.29, 0.717) is 25.4 Å². The van der Waals surface area contributed by atoms with Crippen LogP contribution in [0.1, 0.15) is 24.8 Å². The molecule has 0 atom stereocenters. The molecule has 1 amide bonds. The molecule has 0 saturated carbocycles. The van der Waals surface area contributed by atoms with Crippen LogP contribution in [0.2, 0.25) is 0 Å². The fourth-order valence-corrected chi connectivity index (χ4v) is 4.68. The van der Waals surface area contributed by atoms with E-state index in [1.54, 1.807) is 24.1 Å². The molecule has 3 rings (SSSR count). The third-order valence-electron chi connectivity index (χ3n) is 4.83. The van der Waals surface area contributed by atoms with Crippen LogP contribution in [0.4, 0.5) is 0 Å². The summed E-state index contributed by atoms with van der Waals surface area (Å²) in [5.41, 5.74) is 1.05. The van der Waals surface area contributed by atoms with Gasteiger partial charge in [-0.2, -0.15) is 4.31 Å². The minimum absolute atomic E-state index is 0.0957. The number of amides is 1. The van der Waals surface area contributed by atoms with E-state index in [1.807, 2.05) is 30.3 Å². The van der Waals surface area contributed by atoms with Crippen molar-refractivity contribution in [2.75, 3.05) is 26.7 Å². The summed E-state index contributed by atoms with van der Waals surface area (Å²) in [7, 11) is -1.73. The molecule has 0 N–H and O–H groups in total. The van der Waals surface area contributed by atoms with Crippen LogP contribution in [0.3, 0.4) is 0 Å². The van der Waals surface area contributed by atoms with Crippen molar-refractivity contribution in [3.05, 3.63) is 60.2 Å². The summed E-state index contributed by atoms with van der Waals surface area (Å²) in [6.45, 7) is 1.56. The topological polar surface area (TPSA) is 66.9 Å². The molecule has 1 aliphatic rings. The second kappa shape index (κ2) is 9.21. The van der Waals surface area contributed by atoms with Crippen LogP contribution in [-0.2, 0) is 21.4 Å². The molecular weight excluding hydrogens is 376 g/mol. The Labute approximate surface area is 166 Å². The Morgan fingerprint density at radius 2 is 1.64 bits per heavy atom. The second-order valence-electron chi connectivity index (χ2n) is 6.96. The minimum Gasteiger partial charge on any atom is -0.484 e. The lowest BCUT2D eigenvalue weighted by Crippen LogP contribution is -2.35. The molecule has 1 aliphatic heterocycles. The summed E-state index contributed by atoms with van der Waals surface area (Å²) in [4.78, 5) is 14.1. The third-order valence-corrected chi connectivity index (χ3v) is 6.74. The van der Waals surface area contributed by atoms with Crippen LogP contribution >= 0.6 is 0 Å². The van der Waals surface area contributed by atoms with Gasteiger partial charge in [0.05, 0.1) is 4.90 Å². The Kier molecular flexibility index (Phi) is 6.70. The van der Waals surface area contributed by atoms with E-state index in [0.717, 1.165) is 24.8 Å². The molecule has 2 aromatic carbocycles. The van der Waals surface area contributed by atoms with Crippen molar-refractivity contribution in [3.63, 3.8) is 0 Å². The number of likely N-dealkylation sites (N-methyl/N-ethyl adjacent to an activating group) is 1. The summed E-state index contributed by atoms with van der Waals surface area (Å²) in [6.07, 6.45) is 2.88. The number of nitrogens with zero attached hydrogens (tertiary/aromatic N) is 2. The Balaban J connectivity index is 1.54. The molecule has 1 heterocycles. The Morgan fingerprint density at radius 3 is 2.29 bits per heavy atom. The van der Waals surface area contributed by atoms with Crippen molar-refractivity contribution < 1.29 is 17.9 Å². The average Bonchev–Trinajstić information content (AvgIpc) is 2.73. The summed E-state index contributed by atoms with van der Waals surface area (Å²) in [5.74, 6) is 0.327. The van der Waals surface area contributed by atoms with Crippen LogP contribution in [0.5, 0.6) is 5.75 Å². The molecule has 28 heavy (non-hydrogen) atoms. The number of sulfonamides is 1. The van der Waals surface area contributed by atoms with Gasteiger partial charge in [-0.3, -0.25) is 4.79 Å². The lowest BCUT2D eigenvalue weighted by molar-refractivity contribution is -0.132. The standard InChI is InChI=1S/C21H26N2O4S/c1-22(16-18-8-4-2-5-9-18)21(24)17-27-19-10-12-20(13-11-19)28(25,26)23-14-6-3-7-15-23/h2,4-5,8-13H,3,6-7,14-17H2,1H3. The van der Waals surface area contributed by atoms with Gasteiger partial charge in [0.2, 0.25) is 10.0 Å². The summed E-state index contributed by atoms with van der Waals surface area (Å²) < 4.78 is 32.4. The molecular formula is C21H26N2O4S. The first-order valence-corrected chi connectivity index (χ1v) is 10.9. The molecule has 0 bridgehead atoms. The van der Waals surface area contributed by atoms with Gasteiger partial charge in [0, 0.05) is 26.7 Å². The Bertz CT molecular complexity index is 876. The molecule has 0 aromatic heterocycles. The molecule has 0 spiro atoms. The molecule has 7 heteroatoms. The highest BCUT2D eigenvalue weighted by molar-refractivity contribution is 7.89. The zero-order chi connectivity index (χ0) is 20.0. The van der Waals surface area contributed by atoms with E-state index in [2.05, 4.69) is 0 Å². The maximum atomic E-state index is 12.7. The fraction of sp³-hybridized carbons (Fsp3) is 0.381. The zero-order valence-electron chi connectivity index (χ0n) is 16.1. The van der Waals surface area contributed by atoms with E-state index in [1.165, 1.54) is 16.4 Å². The number of benzene rings is 2. The Hall–Kier alpha value is -2.38. The molecule has 150 valence electrons. The average molecular weight is 403 g/mol. The van der Waals surface area contributed by atoms with Gasteiger partial charge in [0.1, 0.15) is 5.75 Å². The number of rotatable bonds is 7. The van der Waals surface area contributed by atoms with Gasteiger partial charge in [-0.1, -0.05) is 36.8 Å². The molecule has 1 fully saturated rings. The summed E-state index contributed by atoms with van der Waals surface area (Å²) >= 11 is 0. The smallest absolute Gasteiger partial charge is 0.260 e. The number of carbonyl (C=O) groups is 1. The molecule has 0 unspecified atom stereocenters. The predicted octanol–water partition coefficient (Wildman–Crippen LogP) is 2.90. The van der Waals surface area contributed by atoms with E-state index >= 15 is 0 Å². The van der Waals surface area contributed by atoms with Crippen LogP contribution in [0.15, 0.2) is 59.5 Å². The van der Waals surface area contributed by atoms with Gasteiger partial charge in [-0.15, -0.1) is 0 Å². The number of hydrogen-bond acceptors (Lipinski definition) is 4. The van der Waals surface area contributed by atoms with E-state index in [-0.39, 0.29) is 17.4 Å². The SMILES string of the molecule is CN(Cc1ccccc1)C(=O)COc1ccc(S(=O)(=O)N2CCCCC2)cc1. The van der Waals surface area contributed by atoms with Gasteiger partial charge in [-0.25, -0.2) is 8.42 Å². The normalized spacial score (nSPS) is 15.2. The lowest BCUT2D eigenvalue weighted by Gasteiger charge is -2.25. The maximum absolute atomic E-state index is 12.7. The number of hydrogen-bond donors (Lipinski definition) is 0. The van der Waals surface area contributed by atoms with Crippen LogP contribution < -0.4 is 4.74 Å². The van der Waals surface area contributed by atoms with Gasteiger partial charge >= 0.3 is 0 Å². The van der Waals surface area contributed by atoms with Crippen LogP contribution in [0.25, 0.3) is 0 Å². The van der Waals surface area contributed by atoms with Crippen molar-refractivity contribution >= 4 is 15.9 Å². The zero-order valence-corrected chi connectivity index (χ0v) is 16.9. The molecule has 0 radical (unpaired) electrons. The second-order valence-corrected chi connectivity index (χ2v) is 8.90. The first-order valence-electron chi connectivity index (χ1n) is 9.48. The summed E-state index contributed by atoms with van der Waals surface area (Å²) in [6, 6.07) is 16.0. The van der Waals surface area contributed by atoms with Gasteiger partial charge in [-0.05, 0) is 42.7 Å². The highest BCUT2D eigenvalue weighted by Gasteiger charge is 2.25. The van der Waals surface area contributed by atoms with Gasteiger partial charge in [0.15, 0.2) is 6.61 Å². The van der Waals surface area contributed by atoms with E-state index in [4.69, 9.17) is 4.74 Å². The number of ether oxygens (including phenoxy) is 1. The van der Waals surface area contributed by atoms with Crippen molar-refractivity contribution in [2.24, 2.45) is 0 Å². The van der Waals surface area contributed by atoms with Crippen molar-refractivity contribution in [1.82, 2.24) is 9.21 Å². The lowest BCUT2D eigenvalue weighted by atomic mass is 10.2. The van der Waals surface area contributed by atoms with Crippen molar-refractivity contribution in [2.45, 2.75) is 30.7 Å². The van der Waals surface area contributed by atoms with Crippen molar-refractivity contribution in [1.29, 1.82) is 0 Å². The fourth-order valence-electron chi connectivity index (χ4n) is 3.16. The predicted molar refractivity (Wildman–Crippen MR) is 107 cm³/mol. The Morgan fingerprint density at radius 1 is 1.00 bits per heavy atom. The van der Waals surface area contributed by atoms with Gasteiger partial charge < -0.3 is 9.64 Å². The molecule has 2 aromatic rings. The molecule has 1 saturated heterocycles. The molecule has 6 nitrogen and oxygen atoms in total. The largest absolute Gasteiger partial charge is 0.484 e. The first kappa shape index (κ1) is 20.4. The minimum atomic E-state index is -3.46. The van der Waals surface area contributed by atoms with Crippen LogP contribution in [-0.4, -0.2) is 50.3 Å². The van der Waals surface area contributed by atoms with E-state index < -0.39 is 10.0 Å².